The van der Waals surface area contributed by atoms with Gasteiger partial charge in [0.15, 0.2) is 10.6 Å². The minimum absolute atomic E-state index is 0.0913. The number of nitrogens with zero attached hydrogens (tertiary/aromatic N) is 2. The number of H-pyrrole nitrogens is 1. The minimum Gasteiger partial charge on any atom is -0.343 e. The number of carbonyl (C=O) groups excluding carboxylic acids is 1. The van der Waals surface area contributed by atoms with Crippen molar-refractivity contribution in [2.24, 2.45) is 0 Å². The van der Waals surface area contributed by atoms with Crippen LogP contribution in [0.1, 0.15) is 40.5 Å². The quantitative estimate of drug-likeness (QED) is 0.368. The molecule has 0 radical (unpaired) electrons. The van der Waals surface area contributed by atoms with Gasteiger partial charge in [-0.3, -0.25) is 14.5 Å². The number of aromatic amines is 1. The van der Waals surface area contributed by atoms with Crippen molar-refractivity contribution in [2.75, 3.05) is 0 Å². The van der Waals surface area contributed by atoms with Crippen LogP contribution in [0.4, 0.5) is 0 Å². The molecular formula is C23H22N4OS3. The second-order valence-electron chi connectivity index (χ2n) is 7.67. The first-order chi connectivity index (χ1) is 15.2. The van der Waals surface area contributed by atoms with E-state index in [4.69, 9.17) is 12.2 Å². The SMILES string of the molecule is O=C(Cn1c(-c2cccs2)n[nH]c1=S)N[C@H](c1ccc2c(c1)CCCC2)c1cccs1. The average molecular weight is 467 g/mol. The Morgan fingerprint density at radius 3 is 2.71 bits per heavy atom. The number of carbonyl (C=O) groups is 1. The number of fused-ring (bicyclic) bond motifs is 1. The molecule has 158 valence electrons. The molecule has 0 bridgehead atoms. The van der Waals surface area contributed by atoms with Gasteiger partial charge in [-0.25, -0.2) is 0 Å². The maximum Gasteiger partial charge on any atom is 0.240 e. The number of thiophene rings is 2. The highest BCUT2D eigenvalue weighted by Gasteiger charge is 2.21. The Labute approximate surface area is 193 Å². The summed E-state index contributed by atoms with van der Waals surface area (Å²) in [6.07, 6.45) is 4.75. The van der Waals surface area contributed by atoms with E-state index in [0.29, 0.717) is 10.6 Å². The Morgan fingerprint density at radius 2 is 1.94 bits per heavy atom. The second-order valence-corrected chi connectivity index (χ2v) is 9.98. The van der Waals surface area contributed by atoms with E-state index >= 15 is 0 Å². The van der Waals surface area contributed by atoms with Crippen molar-refractivity contribution < 1.29 is 4.79 Å². The van der Waals surface area contributed by atoms with Crippen LogP contribution in [-0.4, -0.2) is 20.7 Å². The molecule has 4 aromatic rings. The molecule has 1 atom stereocenters. The molecule has 5 rings (SSSR count). The summed E-state index contributed by atoms with van der Waals surface area (Å²) in [5, 5.41) is 14.4. The van der Waals surface area contributed by atoms with E-state index in [1.807, 2.05) is 29.0 Å². The summed E-state index contributed by atoms with van der Waals surface area (Å²) in [5.41, 5.74) is 3.99. The van der Waals surface area contributed by atoms with Crippen molar-refractivity contribution in [3.05, 3.63) is 79.6 Å². The van der Waals surface area contributed by atoms with Gasteiger partial charge in [0, 0.05) is 4.88 Å². The molecule has 0 fully saturated rings. The van der Waals surface area contributed by atoms with E-state index in [1.165, 1.54) is 24.0 Å². The zero-order valence-electron chi connectivity index (χ0n) is 16.8. The van der Waals surface area contributed by atoms with Crippen LogP contribution in [0.3, 0.4) is 0 Å². The van der Waals surface area contributed by atoms with Crippen LogP contribution in [0, 0.1) is 4.77 Å². The van der Waals surface area contributed by atoms with Gasteiger partial charge in [-0.05, 0) is 77.5 Å². The fourth-order valence-electron chi connectivity index (χ4n) is 4.12. The van der Waals surface area contributed by atoms with Gasteiger partial charge < -0.3 is 5.32 Å². The molecule has 3 heterocycles. The Kier molecular flexibility index (Phi) is 5.85. The van der Waals surface area contributed by atoms with E-state index in [-0.39, 0.29) is 18.5 Å². The first kappa shape index (κ1) is 20.4. The van der Waals surface area contributed by atoms with Gasteiger partial charge in [-0.1, -0.05) is 30.3 Å². The van der Waals surface area contributed by atoms with E-state index in [9.17, 15) is 4.79 Å². The van der Waals surface area contributed by atoms with E-state index in [1.54, 1.807) is 27.2 Å². The molecule has 3 aromatic heterocycles. The molecule has 0 aliphatic heterocycles. The first-order valence-corrected chi connectivity index (χ1v) is 12.5. The number of benzene rings is 1. The molecule has 2 N–H and O–H groups in total. The lowest BCUT2D eigenvalue weighted by molar-refractivity contribution is -0.122. The van der Waals surface area contributed by atoms with E-state index in [2.05, 4.69) is 39.8 Å². The smallest absolute Gasteiger partial charge is 0.240 e. The van der Waals surface area contributed by atoms with Crippen molar-refractivity contribution >= 4 is 40.8 Å². The van der Waals surface area contributed by atoms with Gasteiger partial charge in [-0.15, -0.1) is 22.7 Å². The zero-order valence-corrected chi connectivity index (χ0v) is 19.3. The molecule has 0 saturated carbocycles. The van der Waals surface area contributed by atoms with Crippen LogP contribution in [0.2, 0.25) is 0 Å². The van der Waals surface area contributed by atoms with Crippen LogP contribution < -0.4 is 5.32 Å². The highest BCUT2D eigenvalue weighted by atomic mass is 32.1. The fourth-order valence-corrected chi connectivity index (χ4v) is 5.84. The first-order valence-electron chi connectivity index (χ1n) is 10.3. The topological polar surface area (TPSA) is 62.7 Å². The van der Waals surface area contributed by atoms with Crippen LogP contribution in [0.15, 0.2) is 53.2 Å². The monoisotopic (exact) mass is 466 g/mol. The summed E-state index contributed by atoms with van der Waals surface area (Å²) in [5.74, 6) is 0.600. The number of hydrogen-bond donors (Lipinski definition) is 2. The second kappa shape index (κ2) is 8.90. The Bertz CT molecular complexity index is 1240. The predicted molar refractivity (Wildman–Crippen MR) is 128 cm³/mol. The molecule has 1 aliphatic carbocycles. The van der Waals surface area contributed by atoms with Gasteiger partial charge in [0.2, 0.25) is 5.91 Å². The Hall–Kier alpha value is -2.55. The average Bonchev–Trinajstić information content (AvgIpc) is 3.55. The number of amides is 1. The van der Waals surface area contributed by atoms with E-state index < -0.39 is 0 Å². The van der Waals surface area contributed by atoms with Crippen molar-refractivity contribution in [1.82, 2.24) is 20.1 Å². The van der Waals surface area contributed by atoms with Crippen LogP contribution in [0.5, 0.6) is 0 Å². The zero-order chi connectivity index (χ0) is 21.2. The van der Waals surface area contributed by atoms with Crippen LogP contribution >= 0.6 is 34.9 Å². The lowest BCUT2D eigenvalue weighted by Crippen LogP contribution is -2.32. The summed E-state index contributed by atoms with van der Waals surface area (Å²) >= 11 is 8.62. The maximum absolute atomic E-state index is 13.1. The highest BCUT2D eigenvalue weighted by Crippen LogP contribution is 2.30. The normalized spacial score (nSPS) is 14.2. The Morgan fingerprint density at radius 1 is 1.13 bits per heavy atom. The van der Waals surface area contributed by atoms with Crippen molar-refractivity contribution in [2.45, 2.75) is 38.3 Å². The fraction of sp³-hybridized carbons (Fsp3) is 0.261. The number of rotatable bonds is 6. The minimum atomic E-state index is -0.175. The van der Waals surface area contributed by atoms with Gasteiger partial charge in [-0.2, -0.15) is 5.10 Å². The van der Waals surface area contributed by atoms with Gasteiger partial charge in [0.25, 0.3) is 0 Å². The van der Waals surface area contributed by atoms with Gasteiger partial charge >= 0.3 is 0 Å². The summed E-state index contributed by atoms with van der Waals surface area (Å²) in [7, 11) is 0. The molecule has 8 heteroatoms. The number of aromatic nitrogens is 3. The summed E-state index contributed by atoms with van der Waals surface area (Å²) < 4.78 is 2.20. The summed E-state index contributed by atoms with van der Waals surface area (Å²) in [4.78, 5) is 15.2. The maximum atomic E-state index is 13.1. The van der Waals surface area contributed by atoms with Crippen molar-refractivity contribution in [3.8, 4) is 10.7 Å². The third-order valence-corrected chi connectivity index (χ3v) is 7.76. The molecule has 0 unspecified atom stereocenters. The van der Waals surface area contributed by atoms with Crippen LogP contribution in [-0.2, 0) is 24.2 Å². The lowest BCUT2D eigenvalue weighted by Gasteiger charge is -2.22. The number of nitrogens with one attached hydrogen (secondary N) is 2. The van der Waals surface area contributed by atoms with Gasteiger partial charge in [0.05, 0.1) is 10.9 Å². The molecule has 1 aliphatic rings. The largest absolute Gasteiger partial charge is 0.343 e. The summed E-state index contributed by atoms with van der Waals surface area (Å²) in [6, 6.07) is 14.5. The highest BCUT2D eigenvalue weighted by molar-refractivity contribution is 7.71. The van der Waals surface area contributed by atoms with Gasteiger partial charge in [0.1, 0.15) is 6.54 Å². The third-order valence-electron chi connectivity index (χ3n) is 5.64. The van der Waals surface area contributed by atoms with Crippen molar-refractivity contribution in [3.63, 3.8) is 0 Å². The van der Waals surface area contributed by atoms with Crippen molar-refractivity contribution in [1.29, 1.82) is 0 Å². The molecule has 0 saturated heterocycles. The third kappa shape index (κ3) is 4.28. The lowest BCUT2D eigenvalue weighted by atomic mass is 9.89. The van der Waals surface area contributed by atoms with Crippen LogP contribution in [0.25, 0.3) is 10.7 Å². The molecule has 0 spiro atoms. The summed E-state index contributed by atoms with van der Waals surface area (Å²) in [6.45, 7) is 0.120. The predicted octanol–water partition coefficient (Wildman–Crippen LogP) is 5.52. The standard InChI is InChI=1S/C23H22N4OS3/c28-20(14-27-22(25-26-23(27)29)19-8-4-12-31-19)24-21(18-7-3-11-30-18)17-10-9-15-5-1-2-6-16(15)13-17/h3-4,7-13,21H,1-2,5-6,14H2,(H,24,28)(H,26,29)/t21-/m1/s1. The van der Waals surface area contributed by atoms with E-state index in [0.717, 1.165) is 28.2 Å². The Balaban J connectivity index is 1.42. The molecular weight excluding hydrogens is 444 g/mol. The molecule has 5 nitrogen and oxygen atoms in total. The molecule has 1 amide bonds. The molecule has 31 heavy (non-hydrogen) atoms. The number of aryl methyl sites for hydroxylation is 2. The number of hydrogen-bond acceptors (Lipinski definition) is 5. The molecule has 1 aromatic carbocycles.